The minimum absolute atomic E-state index is 0.197. The highest BCUT2D eigenvalue weighted by atomic mass is 79.9. The summed E-state index contributed by atoms with van der Waals surface area (Å²) in [5.74, 6) is 0. The zero-order valence-electron chi connectivity index (χ0n) is 9.15. The van der Waals surface area contributed by atoms with Gasteiger partial charge in [-0.2, -0.15) is 0 Å². The van der Waals surface area contributed by atoms with Crippen LogP contribution in [0.25, 0.3) is 0 Å². The number of aliphatic hydroxyl groups excluding tert-OH is 1. The molecule has 3 nitrogen and oxygen atoms in total. The fourth-order valence-corrected chi connectivity index (χ4v) is 1.62. The third-order valence-electron chi connectivity index (χ3n) is 2.29. The van der Waals surface area contributed by atoms with Crippen LogP contribution in [0.3, 0.4) is 0 Å². The summed E-state index contributed by atoms with van der Waals surface area (Å²) in [5.41, 5.74) is 1.17. The molecule has 0 aliphatic heterocycles. The van der Waals surface area contributed by atoms with Crippen LogP contribution in [-0.2, 0) is 6.54 Å². The van der Waals surface area contributed by atoms with Gasteiger partial charge in [0.25, 0.3) is 0 Å². The van der Waals surface area contributed by atoms with Crippen molar-refractivity contribution in [1.29, 1.82) is 0 Å². The number of hydrogen-bond donors (Lipinski definition) is 1. The van der Waals surface area contributed by atoms with Crippen LogP contribution >= 0.6 is 15.9 Å². The predicted octanol–water partition coefficient (Wildman–Crippen LogP) is 2.05. The van der Waals surface area contributed by atoms with E-state index in [1.165, 1.54) is 5.56 Å². The summed E-state index contributed by atoms with van der Waals surface area (Å²) < 4.78 is 0.851. The largest absolute Gasteiger partial charge is 0.395 e. The molecule has 0 saturated carbocycles. The number of halogens is 1. The summed E-state index contributed by atoms with van der Waals surface area (Å²) in [6, 6.07) is 4.41. The maximum absolute atomic E-state index is 8.94. The van der Waals surface area contributed by atoms with E-state index in [9.17, 15) is 0 Å². The van der Waals surface area contributed by atoms with Crippen molar-refractivity contribution in [3.8, 4) is 0 Å². The molecule has 0 radical (unpaired) electrons. The lowest BCUT2D eigenvalue weighted by Gasteiger charge is -2.25. The van der Waals surface area contributed by atoms with Gasteiger partial charge in [-0.05, 0) is 41.4 Å². The van der Waals surface area contributed by atoms with Gasteiger partial charge in [-0.15, -0.1) is 0 Å². The Hall–Kier alpha value is -0.450. The molecule has 0 aliphatic rings. The van der Waals surface area contributed by atoms with E-state index in [1.54, 1.807) is 0 Å². The first-order valence-electron chi connectivity index (χ1n) is 5.09. The van der Waals surface area contributed by atoms with E-state index in [0.29, 0.717) is 12.6 Å². The van der Waals surface area contributed by atoms with Gasteiger partial charge in [0.2, 0.25) is 0 Å². The minimum Gasteiger partial charge on any atom is -0.395 e. The van der Waals surface area contributed by atoms with Gasteiger partial charge >= 0.3 is 0 Å². The van der Waals surface area contributed by atoms with Gasteiger partial charge < -0.3 is 5.11 Å². The lowest BCUT2D eigenvalue weighted by Crippen LogP contribution is -2.32. The highest BCUT2D eigenvalue weighted by Crippen LogP contribution is 2.10. The van der Waals surface area contributed by atoms with Crippen molar-refractivity contribution in [2.75, 3.05) is 13.2 Å². The number of aliphatic hydroxyl groups is 1. The lowest BCUT2D eigenvalue weighted by atomic mass is 10.2. The molecular weight excluding hydrogens is 256 g/mol. The van der Waals surface area contributed by atoms with E-state index in [2.05, 4.69) is 39.7 Å². The van der Waals surface area contributed by atoms with Crippen LogP contribution in [0.1, 0.15) is 19.4 Å². The number of aromatic nitrogens is 1. The SMILES string of the molecule is CC(C)N(CCO)Cc1ccc(Br)nc1. The predicted molar refractivity (Wildman–Crippen MR) is 64.6 cm³/mol. The first-order chi connectivity index (χ1) is 7.13. The van der Waals surface area contributed by atoms with Crippen molar-refractivity contribution >= 4 is 15.9 Å². The molecule has 0 bridgehead atoms. The molecular formula is C11H17BrN2O. The van der Waals surface area contributed by atoms with Crippen molar-refractivity contribution in [2.45, 2.75) is 26.4 Å². The highest BCUT2D eigenvalue weighted by Gasteiger charge is 2.09. The van der Waals surface area contributed by atoms with E-state index >= 15 is 0 Å². The Morgan fingerprint density at radius 2 is 2.20 bits per heavy atom. The van der Waals surface area contributed by atoms with Crippen LogP contribution in [0.4, 0.5) is 0 Å². The zero-order chi connectivity index (χ0) is 11.3. The Balaban J connectivity index is 2.61. The highest BCUT2D eigenvalue weighted by molar-refractivity contribution is 9.10. The Bertz CT molecular complexity index is 287. The molecule has 0 fully saturated rings. The normalized spacial score (nSPS) is 11.3. The molecule has 0 aromatic carbocycles. The van der Waals surface area contributed by atoms with Gasteiger partial charge in [-0.1, -0.05) is 6.07 Å². The molecule has 0 amide bonds. The van der Waals surface area contributed by atoms with E-state index in [1.807, 2.05) is 18.3 Å². The number of pyridine rings is 1. The van der Waals surface area contributed by atoms with Gasteiger partial charge in [0.05, 0.1) is 6.61 Å². The van der Waals surface area contributed by atoms with Gasteiger partial charge in [-0.3, -0.25) is 4.90 Å². The van der Waals surface area contributed by atoms with E-state index in [-0.39, 0.29) is 6.61 Å². The number of rotatable bonds is 5. The van der Waals surface area contributed by atoms with Crippen molar-refractivity contribution in [3.05, 3.63) is 28.5 Å². The van der Waals surface area contributed by atoms with Crippen LogP contribution in [-0.4, -0.2) is 34.2 Å². The first kappa shape index (κ1) is 12.6. The van der Waals surface area contributed by atoms with Crippen LogP contribution < -0.4 is 0 Å². The minimum atomic E-state index is 0.197. The second-order valence-corrected chi connectivity index (χ2v) is 4.59. The molecule has 1 N–H and O–H groups in total. The summed E-state index contributed by atoms with van der Waals surface area (Å²) in [7, 11) is 0. The smallest absolute Gasteiger partial charge is 0.106 e. The fraction of sp³-hybridized carbons (Fsp3) is 0.545. The third-order valence-corrected chi connectivity index (χ3v) is 2.76. The van der Waals surface area contributed by atoms with Crippen molar-refractivity contribution < 1.29 is 5.11 Å². The summed E-state index contributed by atoms with van der Waals surface area (Å²) in [4.78, 5) is 6.39. The molecule has 1 heterocycles. The average molecular weight is 273 g/mol. The summed E-state index contributed by atoms with van der Waals surface area (Å²) in [5, 5.41) is 8.94. The topological polar surface area (TPSA) is 36.4 Å². The molecule has 0 saturated heterocycles. The molecule has 84 valence electrons. The van der Waals surface area contributed by atoms with E-state index in [4.69, 9.17) is 5.11 Å². The third kappa shape index (κ3) is 4.28. The summed E-state index contributed by atoms with van der Waals surface area (Å²) >= 11 is 3.31. The monoisotopic (exact) mass is 272 g/mol. The number of nitrogens with zero attached hydrogens (tertiary/aromatic N) is 2. The van der Waals surface area contributed by atoms with Crippen LogP contribution in [0.5, 0.6) is 0 Å². The van der Waals surface area contributed by atoms with E-state index in [0.717, 1.165) is 11.1 Å². The molecule has 0 spiro atoms. The Labute approximate surface area is 99.3 Å². The first-order valence-corrected chi connectivity index (χ1v) is 5.88. The molecule has 1 aromatic heterocycles. The summed E-state index contributed by atoms with van der Waals surface area (Å²) in [6.45, 7) is 5.98. The van der Waals surface area contributed by atoms with Crippen LogP contribution in [0.15, 0.2) is 22.9 Å². The Morgan fingerprint density at radius 3 is 2.67 bits per heavy atom. The summed E-state index contributed by atoms with van der Waals surface area (Å²) in [6.07, 6.45) is 1.86. The molecule has 0 atom stereocenters. The van der Waals surface area contributed by atoms with Crippen molar-refractivity contribution in [1.82, 2.24) is 9.88 Å². The fourth-order valence-electron chi connectivity index (χ4n) is 1.38. The maximum atomic E-state index is 8.94. The van der Waals surface area contributed by atoms with Crippen molar-refractivity contribution in [2.24, 2.45) is 0 Å². The zero-order valence-corrected chi connectivity index (χ0v) is 10.7. The number of hydrogen-bond acceptors (Lipinski definition) is 3. The molecule has 0 unspecified atom stereocenters. The maximum Gasteiger partial charge on any atom is 0.106 e. The molecule has 1 aromatic rings. The Morgan fingerprint density at radius 1 is 1.47 bits per heavy atom. The molecule has 0 aliphatic carbocycles. The molecule has 15 heavy (non-hydrogen) atoms. The van der Waals surface area contributed by atoms with Crippen LogP contribution in [0.2, 0.25) is 0 Å². The molecule has 1 rings (SSSR count). The van der Waals surface area contributed by atoms with Gasteiger partial charge in [0, 0.05) is 25.3 Å². The lowest BCUT2D eigenvalue weighted by molar-refractivity contribution is 0.159. The van der Waals surface area contributed by atoms with Crippen LogP contribution in [0, 0.1) is 0 Å². The Kier molecular flexibility index (Phi) is 5.22. The van der Waals surface area contributed by atoms with Crippen molar-refractivity contribution in [3.63, 3.8) is 0 Å². The molecule has 4 heteroatoms. The van der Waals surface area contributed by atoms with E-state index < -0.39 is 0 Å². The van der Waals surface area contributed by atoms with Gasteiger partial charge in [0.15, 0.2) is 0 Å². The standard InChI is InChI=1S/C11H17BrN2O/c1-9(2)14(5-6-15)8-10-3-4-11(12)13-7-10/h3-4,7,9,15H,5-6,8H2,1-2H3. The average Bonchev–Trinajstić information content (AvgIpc) is 2.20. The second kappa shape index (κ2) is 6.20. The second-order valence-electron chi connectivity index (χ2n) is 3.78. The van der Waals surface area contributed by atoms with Gasteiger partial charge in [-0.25, -0.2) is 4.98 Å². The quantitative estimate of drug-likeness (QED) is 0.834. The van der Waals surface area contributed by atoms with Gasteiger partial charge in [0.1, 0.15) is 4.60 Å².